The maximum absolute atomic E-state index is 15.1. The molecule has 0 saturated carbocycles. The summed E-state index contributed by atoms with van der Waals surface area (Å²) in [5.41, 5.74) is 6.65. The molecule has 42 heavy (non-hydrogen) atoms. The number of hydrogen-bond acceptors (Lipinski definition) is 2. The van der Waals surface area contributed by atoms with Gasteiger partial charge in [-0.05, 0) is 63.8 Å². The highest BCUT2D eigenvalue weighted by molar-refractivity contribution is 6.11. The zero-order valence-corrected chi connectivity index (χ0v) is 24.4. The maximum atomic E-state index is 15.1. The molecule has 0 amide bonds. The summed E-state index contributed by atoms with van der Waals surface area (Å²) in [5, 5.41) is 2.48. The lowest BCUT2D eigenvalue weighted by molar-refractivity contribution is 0.0883. The second kappa shape index (κ2) is 9.99. The van der Waals surface area contributed by atoms with Crippen LogP contribution in [0.15, 0.2) is 140 Å². The van der Waals surface area contributed by atoms with Gasteiger partial charge in [-0.3, -0.25) is 4.79 Å². The third-order valence-corrected chi connectivity index (χ3v) is 9.56. The number of carbonyl (C=O) groups excluding carboxylic acids is 1. The number of ketones is 1. The molecule has 7 rings (SSSR count). The molecule has 1 heterocycles. The Morgan fingerprint density at radius 1 is 0.714 bits per heavy atom. The Hall–Kier alpha value is -4.69. The molecular formula is C40H35NO. The number of anilines is 1. The average molecular weight is 546 g/mol. The highest BCUT2D eigenvalue weighted by Gasteiger charge is 2.63. The molecule has 0 fully saturated rings. The lowest BCUT2D eigenvalue weighted by Crippen LogP contribution is -2.62. The van der Waals surface area contributed by atoms with Crippen LogP contribution in [0.25, 0.3) is 21.9 Å². The largest absolute Gasteiger partial charge is 0.360 e. The Morgan fingerprint density at radius 2 is 1.31 bits per heavy atom. The number of benzene rings is 5. The lowest BCUT2D eigenvalue weighted by Gasteiger charge is -2.53. The molecule has 5 aromatic rings. The summed E-state index contributed by atoms with van der Waals surface area (Å²) in [6, 6.07) is 44.2. The minimum absolute atomic E-state index is 0.151. The Labute approximate surface area is 248 Å². The van der Waals surface area contributed by atoms with Crippen LogP contribution in [0.4, 0.5) is 5.69 Å². The second-order valence-corrected chi connectivity index (χ2v) is 12.0. The van der Waals surface area contributed by atoms with Crippen LogP contribution in [0.1, 0.15) is 47.8 Å². The third kappa shape index (κ3) is 3.75. The van der Waals surface area contributed by atoms with Gasteiger partial charge >= 0.3 is 0 Å². The molecule has 1 spiro atoms. The van der Waals surface area contributed by atoms with Crippen molar-refractivity contribution in [1.29, 1.82) is 0 Å². The Bertz CT molecular complexity index is 1850. The zero-order valence-electron chi connectivity index (χ0n) is 24.4. The van der Waals surface area contributed by atoms with E-state index < -0.39 is 16.9 Å². The van der Waals surface area contributed by atoms with Gasteiger partial charge in [0.25, 0.3) is 0 Å². The Morgan fingerprint density at radius 3 is 1.98 bits per heavy atom. The quantitative estimate of drug-likeness (QED) is 0.205. The number of hydrogen-bond donors (Lipinski definition) is 0. The third-order valence-electron chi connectivity index (χ3n) is 9.56. The van der Waals surface area contributed by atoms with Gasteiger partial charge < -0.3 is 4.90 Å². The van der Waals surface area contributed by atoms with E-state index in [0.29, 0.717) is 0 Å². The number of likely N-dealkylation sites (N-methyl/N-ethyl adjacent to an activating group) is 1. The van der Waals surface area contributed by atoms with Gasteiger partial charge in [0.15, 0.2) is 5.78 Å². The normalized spacial score (nSPS) is 20.7. The first-order valence-electron chi connectivity index (χ1n) is 14.9. The van der Waals surface area contributed by atoms with Crippen LogP contribution in [0.5, 0.6) is 0 Å². The van der Waals surface area contributed by atoms with Crippen molar-refractivity contribution in [2.75, 3.05) is 11.4 Å². The lowest BCUT2D eigenvalue weighted by atomic mass is 9.56. The van der Waals surface area contributed by atoms with Crippen LogP contribution in [0.3, 0.4) is 0 Å². The van der Waals surface area contributed by atoms with Gasteiger partial charge in [0.2, 0.25) is 0 Å². The fraction of sp³-hybridized carbons (Fsp3) is 0.175. The van der Waals surface area contributed by atoms with Gasteiger partial charge in [0, 0.05) is 23.2 Å². The molecule has 206 valence electrons. The van der Waals surface area contributed by atoms with Gasteiger partial charge in [0.1, 0.15) is 0 Å². The molecule has 5 aromatic carbocycles. The highest BCUT2D eigenvalue weighted by atomic mass is 16.1. The molecule has 2 aliphatic rings. The van der Waals surface area contributed by atoms with Crippen molar-refractivity contribution in [3.05, 3.63) is 162 Å². The van der Waals surface area contributed by atoms with E-state index in [-0.39, 0.29) is 5.78 Å². The van der Waals surface area contributed by atoms with Gasteiger partial charge in [0.05, 0.1) is 11.5 Å². The van der Waals surface area contributed by atoms with Gasteiger partial charge in [-0.15, -0.1) is 0 Å². The van der Waals surface area contributed by atoms with Gasteiger partial charge in [-0.25, -0.2) is 0 Å². The van der Waals surface area contributed by atoms with E-state index in [1.54, 1.807) is 0 Å². The summed E-state index contributed by atoms with van der Waals surface area (Å²) in [6.07, 6.45) is 4.70. The number of rotatable bonds is 5. The number of nitrogens with zero attached hydrogens (tertiary/aromatic N) is 1. The van der Waals surface area contributed by atoms with Crippen molar-refractivity contribution in [2.24, 2.45) is 5.92 Å². The van der Waals surface area contributed by atoms with E-state index in [4.69, 9.17) is 0 Å². The summed E-state index contributed by atoms with van der Waals surface area (Å²) in [4.78, 5) is 17.6. The van der Waals surface area contributed by atoms with Crippen LogP contribution in [-0.4, -0.2) is 17.9 Å². The SMILES string of the molecule is CCN1c2ccc3ccccc3c2C(C)(C)[C@@]12C=C(c1ccccc1)C=C(c1ccccc1)[C@H]2C(=O)c1ccccc1. The molecular weight excluding hydrogens is 510 g/mol. The molecule has 2 nitrogen and oxygen atoms in total. The minimum Gasteiger partial charge on any atom is -0.360 e. The van der Waals surface area contributed by atoms with E-state index in [2.05, 4.69) is 129 Å². The van der Waals surface area contributed by atoms with E-state index in [9.17, 15) is 0 Å². The van der Waals surface area contributed by atoms with Crippen molar-refractivity contribution >= 4 is 33.4 Å². The fourth-order valence-corrected chi connectivity index (χ4v) is 7.72. The van der Waals surface area contributed by atoms with Crippen molar-refractivity contribution in [1.82, 2.24) is 0 Å². The number of carbonyl (C=O) groups is 1. The molecule has 0 bridgehead atoms. The monoisotopic (exact) mass is 545 g/mol. The van der Waals surface area contributed by atoms with E-state index in [1.165, 1.54) is 22.0 Å². The maximum Gasteiger partial charge on any atom is 0.173 e. The van der Waals surface area contributed by atoms with Crippen LogP contribution < -0.4 is 4.90 Å². The first-order valence-corrected chi connectivity index (χ1v) is 14.9. The average Bonchev–Trinajstić information content (AvgIpc) is 3.23. The number of Topliss-reactive ketones (excluding diaryl/α,β-unsaturated/α-hetero) is 1. The zero-order chi connectivity index (χ0) is 28.9. The summed E-state index contributed by atoms with van der Waals surface area (Å²) >= 11 is 0. The van der Waals surface area contributed by atoms with Crippen LogP contribution >= 0.6 is 0 Å². The van der Waals surface area contributed by atoms with Gasteiger partial charge in [-0.1, -0.05) is 135 Å². The van der Waals surface area contributed by atoms with E-state index in [1.807, 2.05) is 36.4 Å². The number of fused-ring (bicyclic) bond motifs is 3. The first-order chi connectivity index (χ1) is 20.5. The molecule has 2 heteroatoms. The van der Waals surface area contributed by atoms with Crippen molar-refractivity contribution in [3.8, 4) is 0 Å². The first kappa shape index (κ1) is 26.2. The fourth-order valence-electron chi connectivity index (χ4n) is 7.72. The Kier molecular flexibility index (Phi) is 6.24. The predicted octanol–water partition coefficient (Wildman–Crippen LogP) is 9.38. The second-order valence-electron chi connectivity index (χ2n) is 12.0. The summed E-state index contributed by atoms with van der Waals surface area (Å²) in [7, 11) is 0. The number of allylic oxidation sites excluding steroid dienone is 2. The minimum atomic E-state index is -0.660. The van der Waals surface area contributed by atoms with Crippen molar-refractivity contribution in [3.63, 3.8) is 0 Å². The van der Waals surface area contributed by atoms with Crippen LogP contribution in [0.2, 0.25) is 0 Å². The molecule has 1 aliphatic carbocycles. The Balaban J connectivity index is 1.60. The molecule has 0 radical (unpaired) electrons. The topological polar surface area (TPSA) is 20.3 Å². The van der Waals surface area contributed by atoms with Crippen molar-refractivity contribution < 1.29 is 4.79 Å². The molecule has 0 saturated heterocycles. The summed E-state index contributed by atoms with van der Waals surface area (Å²) in [6.45, 7) is 7.70. The highest BCUT2D eigenvalue weighted by Crippen LogP contribution is 2.62. The molecule has 0 unspecified atom stereocenters. The molecule has 0 aromatic heterocycles. The molecule has 2 atom stereocenters. The summed E-state index contributed by atoms with van der Waals surface area (Å²) in [5.74, 6) is -0.284. The standard InChI is InChI=1S/C40H35NO/c1-4-41-35-25-24-30-20-14-15-23-33(30)36(35)39(2,3)40(41)27-32(28-16-8-5-9-17-28)26-34(29-18-10-6-11-19-29)37(40)38(42)31-21-12-7-13-22-31/h5-27,37H,4H2,1-3H3/t37-,40-/m0/s1. The van der Waals surface area contributed by atoms with Crippen LogP contribution in [-0.2, 0) is 5.41 Å². The molecule has 0 N–H and O–H groups in total. The summed E-state index contributed by atoms with van der Waals surface area (Å²) < 4.78 is 0. The van der Waals surface area contributed by atoms with Crippen molar-refractivity contribution in [2.45, 2.75) is 31.7 Å². The van der Waals surface area contributed by atoms with Crippen LogP contribution in [0, 0.1) is 5.92 Å². The van der Waals surface area contributed by atoms with Gasteiger partial charge in [-0.2, -0.15) is 0 Å². The smallest absolute Gasteiger partial charge is 0.173 e. The predicted molar refractivity (Wildman–Crippen MR) is 176 cm³/mol. The van der Waals surface area contributed by atoms with E-state index in [0.717, 1.165) is 34.4 Å². The van der Waals surface area contributed by atoms with E-state index >= 15 is 4.79 Å². The molecule has 1 aliphatic heterocycles.